The van der Waals surface area contributed by atoms with Crippen molar-refractivity contribution < 1.29 is 25.2 Å². The summed E-state index contributed by atoms with van der Waals surface area (Å²) in [6.45, 7) is -0.228. The molecule has 112 valence electrons. The largest absolute Gasteiger partial charge is 0.507 e. The van der Waals surface area contributed by atoms with Gasteiger partial charge in [-0.15, -0.1) is 0 Å². The minimum absolute atomic E-state index is 0.142. The molecule has 5 heteroatoms. The molecule has 2 aromatic rings. The van der Waals surface area contributed by atoms with Crippen LogP contribution in [0, 0.1) is 0 Å². The van der Waals surface area contributed by atoms with Crippen molar-refractivity contribution in [1.82, 2.24) is 0 Å². The second-order valence-corrected chi connectivity index (χ2v) is 4.69. The number of aliphatic hydroxyl groups is 3. The van der Waals surface area contributed by atoms with Crippen LogP contribution in [0.15, 0.2) is 48.5 Å². The van der Waals surface area contributed by atoms with Gasteiger partial charge in [0.25, 0.3) is 0 Å². The van der Waals surface area contributed by atoms with Crippen LogP contribution in [0.5, 0.6) is 11.5 Å². The Hall–Kier alpha value is -2.08. The Labute approximate surface area is 122 Å². The van der Waals surface area contributed by atoms with Crippen LogP contribution in [0.1, 0.15) is 17.2 Å². The summed E-state index contributed by atoms with van der Waals surface area (Å²) in [5, 5.41) is 37.8. The highest BCUT2D eigenvalue weighted by Gasteiger charge is 2.20. The topological polar surface area (TPSA) is 90.2 Å². The molecule has 5 nitrogen and oxygen atoms in total. The average Bonchev–Trinajstić information content (AvgIpc) is 2.52. The molecule has 0 aliphatic carbocycles. The Morgan fingerprint density at radius 1 is 1.00 bits per heavy atom. The summed E-state index contributed by atoms with van der Waals surface area (Å²) in [7, 11) is 0. The van der Waals surface area contributed by atoms with E-state index in [9.17, 15) is 15.3 Å². The molecule has 2 aromatic carbocycles. The number of phenolic OH excluding ortho intramolecular Hbond substituents is 1. The van der Waals surface area contributed by atoms with E-state index in [0.29, 0.717) is 12.4 Å². The number of aliphatic hydroxyl groups excluding tert-OH is 3. The van der Waals surface area contributed by atoms with Crippen LogP contribution in [0.25, 0.3) is 0 Å². The van der Waals surface area contributed by atoms with E-state index in [1.165, 1.54) is 12.1 Å². The zero-order valence-corrected chi connectivity index (χ0v) is 11.4. The molecule has 0 aliphatic rings. The molecule has 0 spiro atoms. The lowest BCUT2D eigenvalue weighted by atomic mass is 10.0. The van der Waals surface area contributed by atoms with E-state index in [2.05, 4.69) is 0 Å². The normalized spacial score (nSPS) is 13.7. The molecule has 0 saturated heterocycles. The molecule has 4 N–H and O–H groups in total. The van der Waals surface area contributed by atoms with Crippen LogP contribution >= 0.6 is 0 Å². The lowest BCUT2D eigenvalue weighted by Crippen LogP contribution is -2.22. The molecule has 0 radical (unpaired) electrons. The first kappa shape index (κ1) is 15.3. The van der Waals surface area contributed by atoms with Crippen molar-refractivity contribution >= 4 is 0 Å². The summed E-state index contributed by atoms with van der Waals surface area (Å²) >= 11 is 0. The predicted octanol–water partition coefficient (Wildman–Crippen LogP) is 1.36. The van der Waals surface area contributed by atoms with E-state index in [-0.39, 0.29) is 11.3 Å². The monoisotopic (exact) mass is 290 g/mol. The summed E-state index contributed by atoms with van der Waals surface area (Å²) in [6.07, 6.45) is -2.69. The van der Waals surface area contributed by atoms with Crippen molar-refractivity contribution in [3.8, 4) is 11.5 Å². The summed E-state index contributed by atoms with van der Waals surface area (Å²) in [5.41, 5.74) is 1.14. The van der Waals surface area contributed by atoms with Gasteiger partial charge in [-0.3, -0.25) is 0 Å². The highest BCUT2D eigenvalue weighted by Crippen LogP contribution is 2.30. The minimum atomic E-state index is -1.35. The fourth-order valence-electron chi connectivity index (χ4n) is 1.91. The smallest absolute Gasteiger partial charge is 0.125 e. The zero-order chi connectivity index (χ0) is 15.2. The molecule has 0 fully saturated rings. The summed E-state index contributed by atoms with van der Waals surface area (Å²) in [6, 6.07) is 14.0. The van der Waals surface area contributed by atoms with Crippen LogP contribution in [-0.4, -0.2) is 33.1 Å². The maximum absolute atomic E-state index is 9.87. The van der Waals surface area contributed by atoms with Crippen molar-refractivity contribution in [2.45, 2.75) is 18.8 Å². The zero-order valence-electron chi connectivity index (χ0n) is 11.4. The Balaban J connectivity index is 2.05. The number of ether oxygens (including phenoxy) is 1. The summed E-state index contributed by atoms with van der Waals surface area (Å²) < 4.78 is 5.54. The van der Waals surface area contributed by atoms with Crippen molar-refractivity contribution in [1.29, 1.82) is 0 Å². The van der Waals surface area contributed by atoms with Crippen LogP contribution in [0.3, 0.4) is 0 Å². The maximum atomic E-state index is 9.87. The second-order valence-electron chi connectivity index (χ2n) is 4.69. The van der Waals surface area contributed by atoms with Crippen molar-refractivity contribution in [3.05, 3.63) is 59.7 Å². The molecule has 0 amide bonds. The molecular formula is C16H18O5. The molecule has 2 atom stereocenters. The number of hydrogen-bond donors (Lipinski definition) is 4. The van der Waals surface area contributed by atoms with Gasteiger partial charge in [-0.2, -0.15) is 0 Å². The van der Waals surface area contributed by atoms with Gasteiger partial charge >= 0.3 is 0 Å². The lowest BCUT2D eigenvalue weighted by Gasteiger charge is -2.17. The molecule has 0 saturated carbocycles. The first-order valence-electron chi connectivity index (χ1n) is 6.58. The SMILES string of the molecule is OCC(O)C(O)c1ccc(OCc2ccccc2)cc1O. The van der Waals surface area contributed by atoms with E-state index >= 15 is 0 Å². The molecule has 2 unspecified atom stereocenters. The number of phenols is 1. The molecule has 2 rings (SSSR count). The third-order valence-electron chi connectivity index (χ3n) is 3.12. The highest BCUT2D eigenvalue weighted by atomic mass is 16.5. The number of hydrogen-bond acceptors (Lipinski definition) is 5. The Bertz CT molecular complexity index is 570. The van der Waals surface area contributed by atoms with E-state index in [1.807, 2.05) is 30.3 Å². The van der Waals surface area contributed by atoms with Crippen molar-refractivity contribution in [3.63, 3.8) is 0 Å². The average molecular weight is 290 g/mol. The quantitative estimate of drug-likeness (QED) is 0.645. The maximum Gasteiger partial charge on any atom is 0.125 e. The van der Waals surface area contributed by atoms with Crippen LogP contribution in [0.2, 0.25) is 0 Å². The van der Waals surface area contributed by atoms with Gasteiger partial charge in [0.05, 0.1) is 6.61 Å². The first-order chi connectivity index (χ1) is 10.1. The predicted molar refractivity (Wildman–Crippen MR) is 76.9 cm³/mol. The van der Waals surface area contributed by atoms with Gasteiger partial charge in [-0.25, -0.2) is 0 Å². The van der Waals surface area contributed by atoms with Gasteiger partial charge in [-0.05, 0) is 17.7 Å². The van der Waals surface area contributed by atoms with Crippen LogP contribution < -0.4 is 4.74 Å². The number of aromatic hydroxyl groups is 1. The van der Waals surface area contributed by atoms with Crippen LogP contribution in [0.4, 0.5) is 0 Å². The van der Waals surface area contributed by atoms with Gasteiger partial charge in [0.2, 0.25) is 0 Å². The Morgan fingerprint density at radius 2 is 1.71 bits per heavy atom. The van der Waals surface area contributed by atoms with Gasteiger partial charge < -0.3 is 25.2 Å². The fourth-order valence-corrected chi connectivity index (χ4v) is 1.91. The van der Waals surface area contributed by atoms with Gasteiger partial charge in [0, 0.05) is 11.6 Å². The highest BCUT2D eigenvalue weighted by molar-refractivity contribution is 5.41. The Kier molecular flexibility index (Phi) is 5.16. The van der Waals surface area contributed by atoms with E-state index in [0.717, 1.165) is 5.56 Å². The standard InChI is InChI=1S/C16H18O5/c17-9-15(19)16(20)13-7-6-12(8-14(13)18)21-10-11-4-2-1-3-5-11/h1-8,15-20H,9-10H2. The molecule has 0 heterocycles. The summed E-state index contributed by atoms with van der Waals surface area (Å²) in [5.74, 6) is 0.256. The Morgan fingerprint density at radius 3 is 2.33 bits per heavy atom. The molecular weight excluding hydrogens is 272 g/mol. The van der Waals surface area contributed by atoms with E-state index in [1.54, 1.807) is 6.07 Å². The number of benzene rings is 2. The lowest BCUT2D eigenvalue weighted by molar-refractivity contribution is -0.0162. The van der Waals surface area contributed by atoms with E-state index in [4.69, 9.17) is 9.84 Å². The van der Waals surface area contributed by atoms with Crippen LogP contribution in [-0.2, 0) is 6.61 Å². The first-order valence-corrected chi connectivity index (χ1v) is 6.58. The third-order valence-corrected chi connectivity index (χ3v) is 3.12. The third kappa shape index (κ3) is 3.95. The minimum Gasteiger partial charge on any atom is -0.507 e. The fraction of sp³-hybridized carbons (Fsp3) is 0.250. The van der Waals surface area contributed by atoms with Gasteiger partial charge in [0.1, 0.15) is 30.3 Å². The van der Waals surface area contributed by atoms with Crippen molar-refractivity contribution in [2.75, 3.05) is 6.61 Å². The molecule has 0 aromatic heterocycles. The summed E-state index contributed by atoms with van der Waals surface area (Å²) in [4.78, 5) is 0. The van der Waals surface area contributed by atoms with Crippen molar-refractivity contribution in [2.24, 2.45) is 0 Å². The number of rotatable bonds is 6. The molecule has 21 heavy (non-hydrogen) atoms. The molecule has 0 bridgehead atoms. The molecule has 0 aliphatic heterocycles. The van der Waals surface area contributed by atoms with Gasteiger partial charge in [0.15, 0.2) is 0 Å². The van der Waals surface area contributed by atoms with Gasteiger partial charge in [-0.1, -0.05) is 30.3 Å². The van der Waals surface area contributed by atoms with E-state index < -0.39 is 18.8 Å². The second kappa shape index (κ2) is 7.08.